The van der Waals surface area contributed by atoms with Crippen LogP contribution in [0, 0.1) is 35.5 Å². The van der Waals surface area contributed by atoms with E-state index in [1.54, 1.807) is 27.7 Å². The summed E-state index contributed by atoms with van der Waals surface area (Å²) in [6, 6.07) is -1.02. The Bertz CT molecular complexity index is 1180. The highest BCUT2D eigenvalue weighted by molar-refractivity contribution is 8.04. The van der Waals surface area contributed by atoms with Crippen LogP contribution in [0.5, 0.6) is 0 Å². The van der Waals surface area contributed by atoms with Crippen molar-refractivity contribution >= 4 is 35.7 Å². The van der Waals surface area contributed by atoms with E-state index >= 15 is 0 Å². The van der Waals surface area contributed by atoms with Gasteiger partial charge in [-0.05, 0) is 91.1 Å². The maximum Gasteiger partial charge on any atom is 0.408 e. The summed E-state index contributed by atoms with van der Waals surface area (Å²) in [6.45, 7) is 13.1. The van der Waals surface area contributed by atoms with E-state index in [9.17, 15) is 24.3 Å². The number of nitrogens with zero attached hydrogens (tertiary/aromatic N) is 1. The van der Waals surface area contributed by atoms with Gasteiger partial charge in [0.1, 0.15) is 17.7 Å². The third-order valence-corrected chi connectivity index (χ3v) is 10.3. The largest absolute Gasteiger partial charge is 0.481 e. The first kappa shape index (κ1) is 33.2. The summed E-state index contributed by atoms with van der Waals surface area (Å²) in [7, 11) is 0. The van der Waals surface area contributed by atoms with E-state index in [2.05, 4.69) is 24.1 Å². The van der Waals surface area contributed by atoms with Gasteiger partial charge in [0.15, 0.2) is 0 Å². The van der Waals surface area contributed by atoms with Crippen LogP contribution in [0.25, 0.3) is 0 Å². The molecule has 4 aliphatic rings. The standard InChI is InChI=1S/C33H48N2O7S/c1-19(2)8-17-25-18-33(26(29(37)38)27(33)43-25)35(28(36)22-11-9-20(3)10-12-22)23-13-15-24(16-14-23)41-30(39)21(4)34-31(40)42-32(5,6)7/h18-24,26-27H,9-16H2,1-7H3,(H,34,40)(H,37,38)/t20?,21-,22?,23?,24?,26?,27?,33?/m0/s1. The predicted octanol–water partition coefficient (Wildman–Crippen LogP) is 5.52. The van der Waals surface area contributed by atoms with Crippen molar-refractivity contribution in [1.29, 1.82) is 0 Å². The third-order valence-electron chi connectivity index (χ3n) is 8.91. The molecule has 4 atom stereocenters. The summed E-state index contributed by atoms with van der Waals surface area (Å²) in [5.74, 6) is 5.06. The van der Waals surface area contributed by atoms with Crippen molar-refractivity contribution in [1.82, 2.24) is 10.2 Å². The topological polar surface area (TPSA) is 122 Å². The van der Waals surface area contributed by atoms with E-state index in [1.165, 1.54) is 11.8 Å². The average molecular weight is 617 g/mol. The van der Waals surface area contributed by atoms with Crippen LogP contribution in [-0.4, -0.2) is 68.5 Å². The normalized spacial score (nSPS) is 32.3. The lowest BCUT2D eigenvalue weighted by molar-refractivity contribution is -0.155. The number of hydrogen-bond acceptors (Lipinski definition) is 7. The number of alkyl carbamates (subject to hydrolysis) is 1. The highest BCUT2D eigenvalue weighted by Crippen LogP contribution is 2.65. The molecule has 0 radical (unpaired) electrons. The summed E-state index contributed by atoms with van der Waals surface area (Å²) in [5, 5.41) is 12.5. The molecule has 3 fully saturated rings. The second-order valence-electron chi connectivity index (χ2n) is 14.1. The number of thioether (sulfide) groups is 1. The van der Waals surface area contributed by atoms with Crippen LogP contribution in [0.2, 0.25) is 0 Å². The summed E-state index contributed by atoms with van der Waals surface area (Å²) >= 11 is 1.49. The van der Waals surface area contributed by atoms with Crippen LogP contribution in [0.1, 0.15) is 99.8 Å². The van der Waals surface area contributed by atoms with Crippen LogP contribution >= 0.6 is 11.8 Å². The van der Waals surface area contributed by atoms with Gasteiger partial charge in [-0.1, -0.05) is 32.6 Å². The monoisotopic (exact) mass is 616 g/mol. The van der Waals surface area contributed by atoms with Crippen molar-refractivity contribution in [3.63, 3.8) is 0 Å². The van der Waals surface area contributed by atoms with Gasteiger partial charge in [0, 0.05) is 17.9 Å². The Labute approximate surface area is 260 Å². The Morgan fingerprint density at radius 3 is 2.23 bits per heavy atom. The van der Waals surface area contributed by atoms with Crippen molar-refractivity contribution in [3.8, 4) is 11.8 Å². The second kappa shape index (κ2) is 13.1. The second-order valence-corrected chi connectivity index (χ2v) is 15.3. The number of rotatable bonds is 7. The zero-order valence-corrected chi connectivity index (χ0v) is 27.4. The molecule has 2 amide bonds. The van der Waals surface area contributed by atoms with Gasteiger partial charge in [-0.25, -0.2) is 9.59 Å². The quantitative estimate of drug-likeness (QED) is 0.283. The number of carbonyl (C=O) groups is 4. The molecule has 238 valence electrons. The summed E-state index contributed by atoms with van der Waals surface area (Å²) in [5.41, 5.74) is -1.56. The van der Waals surface area contributed by atoms with E-state index in [1.807, 2.05) is 24.8 Å². The smallest absolute Gasteiger partial charge is 0.408 e. The van der Waals surface area contributed by atoms with E-state index in [4.69, 9.17) is 9.47 Å². The summed E-state index contributed by atoms with van der Waals surface area (Å²) in [4.78, 5) is 54.4. The first-order valence-corrected chi connectivity index (χ1v) is 16.7. The van der Waals surface area contributed by atoms with Crippen molar-refractivity contribution in [2.24, 2.45) is 23.7 Å². The van der Waals surface area contributed by atoms with Gasteiger partial charge in [0.05, 0.1) is 21.6 Å². The van der Waals surface area contributed by atoms with Crippen molar-refractivity contribution in [2.45, 2.75) is 134 Å². The first-order chi connectivity index (χ1) is 20.1. The predicted molar refractivity (Wildman–Crippen MR) is 165 cm³/mol. The molecule has 0 aromatic rings. The molecule has 3 unspecified atom stereocenters. The molecule has 0 aromatic carbocycles. The molecular weight excluding hydrogens is 568 g/mol. The minimum atomic E-state index is -0.881. The lowest BCUT2D eigenvalue weighted by Gasteiger charge is -2.43. The Balaban J connectivity index is 1.49. The molecule has 3 saturated carbocycles. The molecule has 1 aliphatic heterocycles. The van der Waals surface area contributed by atoms with E-state index in [0.29, 0.717) is 31.6 Å². The minimum Gasteiger partial charge on any atom is -0.481 e. The maximum atomic E-state index is 14.3. The fraction of sp³-hybridized carbons (Fsp3) is 0.758. The number of fused-ring (bicyclic) bond motifs is 1. The first-order valence-electron chi connectivity index (χ1n) is 15.8. The Morgan fingerprint density at radius 1 is 1.05 bits per heavy atom. The van der Waals surface area contributed by atoms with Gasteiger partial charge < -0.3 is 24.8 Å². The Morgan fingerprint density at radius 2 is 1.67 bits per heavy atom. The molecule has 43 heavy (non-hydrogen) atoms. The highest BCUT2D eigenvalue weighted by atomic mass is 32.2. The number of hydrogen-bond donors (Lipinski definition) is 2. The van der Waals surface area contributed by atoms with E-state index in [0.717, 1.165) is 30.6 Å². The molecule has 0 bridgehead atoms. The number of esters is 1. The van der Waals surface area contributed by atoms with E-state index < -0.39 is 41.1 Å². The molecule has 3 aliphatic carbocycles. The highest BCUT2D eigenvalue weighted by Gasteiger charge is 2.75. The van der Waals surface area contributed by atoms with Gasteiger partial charge in [0.25, 0.3) is 0 Å². The van der Waals surface area contributed by atoms with Gasteiger partial charge in [-0.15, -0.1) is 11.8 Å². The van der Waals surface area contributed by atoms with Gasteiger partial charge >= 0.3 is 18.0 Å². The van der Waals surface area contributed by atoms with Crippen molar-refractivity contribution in [3.05, 3.63) is 11.0 Å². The van der Waals surface area contributed by atoms with Crippen molar-refractivity contribution < 1.29 is 33.8 Å². The zero-order chi connectivity index (χ0) is 31.7. The fourth-order valence-corrected chi connectivity index (χ4v) is 8.22. The van der Waals surface area contributed by atoms with Crippen LogP contribution in [0.4, 0.5) is 4.79 Å². The summed E-state index contributed by atoms with van der Waals surface area (Å²) in [6.07, 6.45) is 6.89. The molecule has 0 aromatic heterocycles. The fourth-order valence-electron chi connectivity index (χ4n) is 6.66. The molecule has 0 saturated heterocycles. The number of aliphatic carboxylic acids is 1. The summed E-state index contributed by atoms with van der Waals surface area (Å²) < 4.78 is 11.0. The molecule has 2 N–H and O–H groups in total. The zero-order valence-electron chi connectivity index (χ0n) is 26.6. The maximum absolute atomic E-state index is 14.3. The van der Waals surface area contributed by atoms with Crippen molar-refractivity contribution in [2.75, 3.05) is 0 Å². The van der Waals surface area contributed by atoms with Crippen LogP contribution in [-0.2, 0) is 23.9 Å². The third kappa shape index (κ3) is 7.71. The van der Waals surface area contributed by atoms with Crippen LogP contribution in [0.15, 0.2) is 11.0 Å². The van der Waals surface area contributed by atoms with Crippen LogP contribution < -0.4 is 5.32 Å². The number of carboxylic acid groups (broad SMARTS) is 1. The molecular formula is C33H48N2O7S. The van der Waals surface area contributed by atoms with Gasteiger partial charge in [-0.3, -0.25) is 9.59 Å². The van der Waals surface area contributed by atoms with Gasteiger partial charge in [-0.2, -0.15) is 0 Å². The number of carbonyl (C=O) groups excluding carboxylic acids is 3. The van der Waals surface area contributed by atoms with Gasteiger partial charge in [0.2, 0.25) is 5.91 Å². The SMILES string of the molecule is CC(C)C#CC1=CC2(N(C(=O)C3CCC(C)CC3)C3CCC(OC(=O)[C@H](C)NC(=O)OC(C)(C)C)CC3)C(S1)C2C(=O)O. The Kier molecular flexibility index (Phi) is 10.1. The van der Waals surface area contributed by atoms with E-state index in [-0.39, 0.29) is 35.1 Å². The number of ether oxygens (including phenoxy) is 2. The number of allylic oxidation sites excluding steroid dienone is 1. The molecule has 10 heteroatoms. The van der Waals surface area contributed by atoms with Crippen LogP contribution in [0.3, 0.4) is 0 Å². The molecule has 4 rings (SSSR count). The molecule has 0 spiro atoms. The number of nitrogens with one attached hydrogen (secondary N) is 1. The Hall–Kier alpha value is -2.67. The molecule has 9 nitrogen and oxygen atoms in total. The molecule has 1 heterocycles. The lowest BCUT2D eigenvalue weighted by Crippen LogP contribution is -2.54. The number of carboxylic acids is 1. The lowest BCUT2D eigenvalue weighted by atomic mass is 9.81. The number of amides is 2. The minimum absolute atomic E-state index is 0.0613. The average Bonchev–Trinajstić information content (AvgIpc) is 3.38.